The van der Waals surface area contributed by atoms with E-state index in [1.165, 1.54) is 0 Å². The largest absolute Gasteiger partial charge is 0.481 e. The van der Waals surface area contributed by atoms with Crippen molar-refractivity contribution in [2.24, 2.45) is 13.0 Å². The fraction of sp³-hybridized carbons (Fsp3) is 0.643. The van der Waals surface area contributed by atoms with E-state index in [0.717, 1.165) is 24.1 Å². The van der Waals surface area contributed by atoms with Crippen LogP contribution in [0.15, 0.2) is 6.20 Å². The number of hydrogen-bond donors (Lipinski definition) is 3. The molecule has 3 N–H and O–H groups in total. The predicted octanol–water partition coefficient (Wildman–Crippen LogP) is 1.03. The number of aromatic nitrogens is 2. The molecule has 1 aliphatic carbocycles. The number of rotatable bonds is 5. The van der Waals surface area contributed by atoms with E-state index >= 15 is 0 Å². The highest BCUT2D eigenvalue weighted by atomic mass is 16.4. The smallest absolute Gasteiger partial charge is 0.315 e. The molecule has 1 aromatic rings. The van der Waals surface area contributed by atoms with Crippen LogP contribution in [0, 0.1) is 5.92 Å². The minimum atomic E-state index is -0.775. The first-order chi connectivity index (χ1) is 9.99. The molecule has 1 aliphatic rings. The lowest BCUT2D eigenvalue weighted by atomic mass is 10.1. The molecule has 0 spiro atoms. The van der Waals surface area contributed by atoms with Crippen LogP contribution in [0.4, 0.5) is 4.79 Å². The molecule has 7 nitrogen and oxygen atoms in total. The molecule has 0 radical (unpaired) electrons. The number of carboxylic acids is 1. The van der Waals surface area contributed by atoms with Gasteiger partial charge in [0.25, 0.3) is 0 Å². The fourth-order valence-corrected chi connectivity index (χ4v) is 2.78. The topological polar surface area (TPSA) is 96.3 Å². The molecule has 1 saturated carbocycles. The molecule has 7 heteroatoms. The SMILES string of the molecule is CCc1nn(C)cc1CNC(=O)N[C@H]1CC[C@@H](C(=O)O)C1. The van der Waals surface area contributed by atoms with Gasteiger partial charge in [0.2, 0.25) is 0 Å². The van der Waals surface area contributed by atoms with Gasteiger partial charge >= 0.3 is 12.0 Å². The van der Waals surface area contributed by atoms with E-state index in [2.05, 4.69) is 15.7 Å². The highest BCUT2D eigenvalue weighted by Gasteiger charge is 2.30. The average molecular weight is 294 g/mol. The Morgan fingerprint density at radius 2 is 2.24 bits per heavy atom. The van der Waals surface area contributed by atoms with Gasteiger partial charge in [-0.1, -0.05) is 6.92 Å². The fourth-order valence-electron chi connectivity index (χ4n) is 2.78. The zero-order chi connectivity index (χ0) is 15.4. The van der Waals surface area contributed by atoms with Crippen molar-refractivity contribution in [3.05, 3.63) is 17.5 Å². The molecule has 0 aliphatic heterocycles. The van der Waals surface area contributed by atoms with E-state index in [-0.39, 0.29) is 18.0 Å². The molecule has 116 valence electrons. The molecule has 0 saturated heterocycles. The number of amides is 2. The van der Waals surface area contributed by atoms with Crippen molar-refractivity contribution in [2.75, 3.05) is 0 Å². The van der Waals surface area contributed by atoms with Gasteiger partial charge in [0, 0.05) is 31.4 Å². The maximum atomic E-state index is 11.9. The Balaban J connectivity index is 1.79. The maximum absolute atomic E-state index is 11.9. The van der Waals surface area contributed by atoms with E-state index in [4.69, 9.17) is 5.11 Å². The van der Waals surface area contributed by atoms with Crippen molar-refractivity contribution < 1.29 is 14.7 Å². The highest BCUT2D eigenvalue weighted by Crippen LogP contribution is 2.25. The van der Waals surface area contributed by atoms with Gasteiger partial charge in [0.1, 0.15) is 0 Å². The molecule has 2 amide bonds. The number of aryl methyl sites for hydroxylation is 2. The Hall–Kier alpha value is -2.05. The Labute approximate surface area is 123 Å². The third-order valence-electron chi connectivity index (χ3n) is 3.88. The number of carbonyl (C=O) groups excluding carboxylic acids is 1. The number of urea groups is 1. The maximum Gasteiger partial charge on any atom is 0.315 e. The first-order valence-corrected chi connectivity index (χ1v) is 7.28. The van der Waals surface area contributed by atoms with Crippen LogP contribution in [0.1, 0.15) is 37.4 Å². The summed E-state index contributed by atoms with van der Waals surface area (Å²) >= 11 is 0. The van der Waals surface area contributed by atoms with Crippen LogP contribution in [0.5, 0.6) is 0 Å². The minimum Gasteiger partial charge on any atom is -0.481 e. The average Bonchev–Trinajstić information content (AvgIpc) is 3.02. The van der Waals surface area contributed by atoms with E-state index in [1.54, 1.807) is 4.68 Å². The van der Waals surface area contributed by atoms with Crippen molar-refractivity contribution in [1.82, 2.24) is 20.4 Å². The third-order valence-corrected chi connectivity index (χ3v) is 3.88. The lowest BCUT2D eigenvalue weighted by Gasteiger charge is -2.13. The zero-order valence-electron chi connectivity index (χ0n) is 12.4. The number of nitrogens with one attached hydrogen (secondary N) is 2. The lowest BCUT2D eigenvalue weighted by molar-refractivity contribution is -0.141. The van der Waals surface area contributed by atoms with Crippen molar-refractivity contribution in [1.29, 1.82) is 0 Å². The molecule has 1 aromatic heterocycles. The normalized spacial score (nSPS) is 21.2. The van der Waals surface area contributed by atoms with E-state index in [9.17, 15) is 9.59 Å². The monoisotopic (exact) mass is 294 g/mol. The van der Waals surface area contributed by atoms with Crippen molar-refractivity contribution in [3.8, 4) is 0 Å². The summed E-state index contributed by atoms with van der Waals surface area (Å²) in [4.78, 5) is 22.7. The summed E-state index contributed by atoms with van der Waals surface area (Å²) in [6.07, 6.45) is 4.58. The van der Waals surface area contributed by atoms with E-state index in [1.807, 2.05) is 20.2 Å². The zero-order valence-corrected chi connectivity index (χ0v) is 12.4. The van der Waals surface area contributed by atoms with Crippen LogP contribution in [-0.4, -0.2) is 32.9 Å². The molecule has 21 heavy (non-hydrogen) atoms. The summed E-state index contributed by atoms with van der Waals surface area (Å²) in [5.74, 6) is -1.11. The van der Waals surface area contributed by atoms with Crippen molar-refractivity contribution in [3.63, 3.8) is 0 Å². The van der Waals surface area contributed by atoms with Crippen LogP contribution in [0.3, 0.4) is 0 Å². The summed E-state index contributed by atoms with van der Waals surface area (Å²) < 4.78 is 1.74. The molecule has 0 bridgehead atoms. The second-order valence-electron chi connectivity index (χ2n) is 5.50. The van der Waals surface area contributed by atoms with Gasteiger partial charge in [-0.2, -0.15) is 5.10 Å². The first-order valence-electron chi connectivity index (χ1n) is 7.28. The Bertz CT molecular complexity index is 526. The summed E-state index contributed by atoms with van der Waals surface area (Å²) in [5, 5.41) is 18.9. The molecular formula is C14H22N4O3. The lowest BCUT2D eigenvalue weighted by Crippen LogP contribution is -2.40. The third kappa shape index (κ3) is 3.96. The van der Waals surface area contributed by atoms with E-state index in [0.29, 0.717) is 19.4 Å². The summed E-state index contributed by atoms with van der Waals surface area (Å²) in [6, 6.07) is -0.303. The number of hydrogen-bond acceptors (Lipinski definition) is 3. The first kappa shape index (κ1) is 15.3. The van der Waals surface area contributed by atoms with Gasteiger partial charge in [-0.05, 0) is 25.7 Å². The van der Waals surface area contributed by atoms with Crippen LogP contribution in [0.2, 0.25) is 0 Å². The number of carbonyl (C=O) groups is 2. The summed E-state index contributed by atoms with van der Waals surface area (Å²) in [7, 11) is 1.85. The van der Waals surface area contributed by atoms with Crippen LogP contribution < -0.4 is 10.6 Å². The molecule has 0 unspecified atom stereocenters. The van der Waals surface area contributed by atoms with Crippen LogP contribution in [-0.2, 0) is 24.8 Å². The van der Waals surface area contributed by atoms with E-state index < -0.39 is 5.97 Å². The summed E-state index contributed by atoms with van der Waals surface area (Å²) in [5.41, 5.74) is 1.98. The number of carboxylic acid groups (broad SMARTS) is 1. The van der Waals surface area contributed by atoms with Gasteiger partial charge in [0.15, 0.2) is 0 Å². The molecule has 1 heterocycles. The molecular weight excluding hydrogens is 272 g/mol. The Morgan fingerprint density at radius 3 is 2.86 bits per heavy atom. The van der Waals surface area contributed by atoms with Gasteiger partial charge in [-0.15, -0.1) is 0 Å². The van der Waals surface area contributed by atoms with Gasteiger partial charge in [-0.25, -0.2) is 4.79 Å². The van der Waals surface area contributed by atoms with Gasteiger partial charge in [0.05, 0.1) is 11.6 Å². The number of nitrogens with zero attached hydrogens (tertiary/aromatic N) is 2. The molecule has 2 atom stereocenters. The van der Waals surface area contributed by atoms with Crippen LogP contribution >= 0.6 is 0 Å². The highest BCUT2D eigenvalue weighted by molar-refractivity contribution is 5.75. The molecule has 0 aromatic carbocycles. The number of aliphatic carboxylic acids is 1. The standard InChI is InChI=1S/C14H22N4O3/c1-3-12-10(8-18(2)17-12)7-15-14(21)16-11-5-4-9(6-11)13(19)20/h8-9,11H,3-7H2,1-2H3,(H,19,20)(H2,15,16,21)/t9-,11+/m1/s1. The predicted molar refractivity (Wildman–Crippen MR) is 76.7 cm³/mol. The van der Waals surface area contributed by atoms with Crippen LogP contribution in [0.25, 0.3) is 0 Å². The van der Waals surface area contributed by atoms with Gasteiger partial charge < -0.3 is 15.7 Å². The second kappa shape index (κ2) is 6.60. The Morgan fingerprint density at radius 1 is 1.48 bits per heavy atom. The van der Waals surface area contributed by atoms with Crippen molar-refractivity contribution >= 4 is 12.0 Å². The minimum absolute atomic E-state index is 0.0503. The second-order valence-corrected chi connectivity index (χ2v) is 5.50. The quantitative estimate of drug-likeness (QED) is 0.756. The molecule has 2 rings (SSSR count). The Kier molecular flexibility index (Phi) is 4.82. The summed E-state index contributed by atoms with van der Waals surface area (Å²) in [6.45, 7) is 2.45. The van der Waals surface area contributed by atoms with Crippen molar-refractivity contribution in [2.45, 2.75) is 45.2 Å². The van der Waals surface area contributed by atoms with Gasteiger partial charge in [-0.3, -0.25) is 9.48 Å². The molecule has 1 fully saturated rings.